The molecule has 2 N–H and O–H groups in total. The van der Waals surface area contributed by atoms with Gasteiger partial charge in [0.25, 0.3) is 0 Å². The second-order valence-corrected chi connectivity index (χ2v) is 8.50. The summed E-state index contributed by atoms with van der Waals surface area (Å²) in [5.41, 5.74) is 1.26. The van der Waals surface area contributed by atoms with Crippen molar-refractivity contribution in [3.8, 4) is 0 Å². The average molecular weight is 387 g/mol. The quantitative estimate of drug-likeness (QED) is 0.778. The summed E-state index contributed by atoms with van der Waals surface area (Å²) >= 11 is 0. The summed E-state index contributed by atoms with van der Waals surface area (Å²) in [6, 6.07) is 4.77. The minimum Gasteiger partial charge on any atom is -0.375 e. The van der Waals surface area contributed by atoms with Gasteiger partial charge >= 0.3 is 0 Å². The lowest BCUT2D eigenvalue weighted by Gasteiger charge is -2.39. The molecule has 1 aliphatic carbocycles. The first kappa shape index (κ1) is 19.4. The molecule has 3 fully saturated rings. The van der Waals surface area contributed by atoms with Gasteiger partial charge in [0.05, 0.1) is 18.2 Å². The van der Waals surface area contributed by atoms with Crippen LogP contribution in [0.25, 0.3) is 0 Å². The van der Waals surface area contributed by atoms with Crippen LogP contribution in [0.3, 0.4) is 0 Å². The van der Waals surface area contributed by atoms with E-state index in [-0.39, 0.29) is 29.8 Å². The van der Waals surface area contributed by atoms with Gasteiger partial charge in [0, 0.05) is 25.2 Å². The second-order valence-electron chi connectivity index (χ2n) is 8.50. The Hall–Kier alpha value is -1.95. The summed E-state index contributed by atoms with van der Waals surface area (Å²) in [6.45, 7) is 4.07. The van der Waals surface area contributed by atoms with Crippen LogP contribution in [0.15, 0.2) is 18.2 Å². The number of nitrogens with zero attached hydrogens (tertiary/aromatic N) is 1. The van der Waals surface area contributed by atoms with Crippen molar-refractivity contribution in [2.24, 2.45) is 11.8 Å². The third-order valence-corrected chi connectivity index (χ3v) is 6.69. The molecule has 0 aromatic heterocycles. The summed E-state index contributed by atoms with van der Waals surface area (Å²) < 4.78 is 14.8. The summed E-state index contributed by atoms with van der Waals surface area (Å²) in [7, 11) is 0. The third kappa shape index (κ3) is 4.37. The van der Waals surface area contributed by atoms with Crippen LogP contribution >= 0.6 is 0 Å². The largest absolute Gasteiger partial charge is 0.375 e. The molecule has 2 heterocycles. The molecule has 0 amide bonds. The first-order chi connectivity index (χ1) is 13.6. The molecule has 1 aromatic rings. The number of rotatable bonds is 4. The third-order valence-electron chi connectivity index (χ3n) is 6.69. The normalized spacial score (nSPS) is 25.2. The number of benzene rings is 1. The van der Waals surface area contributed by atoms with E-state index in [2.05, 4.69) is 15.5 Å². The van der Waals surface area contributed by atoms with Gasteiger partial charge in [-0.15, -0.1) is 0 Å². The van der Waals surface area contributed by atoms with Crippen molar-refractivity contribution in [3.05, 3.63) is 24.0 Å². The van der Waals surface area contributed by atoms with E-state index in [1.54, 1.807) is 0 Å². The van der Waals surface area contributed by atoms with Crippen molar-refractivity contribution in [1.82, 2.24) is 5.32 Å². The molecule has 0 spiro atoms. The van der Waals surface area contributed by atoms with Crippen LogP contribution in [0.5, 0.6) is 0 Å². The first-order valence-corrected chi connectivity index (χ1v) is 10.7. The van der Waals surface area contributed by atoms with Gasteiger partial charge in [0.1, 0.15) is 11.6 Å². The summed E-state index contributed by atoms with van der Waals surface area (Å²) in [5.74, 6) is 1.24. The van der Waals surface area contributed by atoms with E-state index in [1.807, 2.05) is 12.1 Å². The predicted molar refractivity (Wildman–Crippen MR) is 108 cm³/mol. The molecule has 152 valence electrons. The Kier molecular flexibility index (Phi) is 5.95. The number of Topliss-reactive ketones (excluding diaryl/α,β-unsaturated/α-hetero) is 2. The van der Waals surface area contributed by atoms with Crippen LogP contribution < -0.4 is 15.5 Å². The summed E-state index contributed by atoms with van der Waals surface area (Å²) in [4.78, 5) is 25.5. The molecule has 3 aliphatic rings. The predicted octanol–water partition coefficient (Wildman–Crippen LogP) is 3.14. The smallest absolute Gasteiger partial charge is 0.162 e. The number of carbonyl (C=O) groups excluding carboxylic acids is 2. The van der Waals surface area contributed by atoms with Gasteiger partial charge in [-0.25, -0.2) is 4.39 Å². The van der Waals surface area contributed by atoms with Crippen molar-refractivity contribution >= 4 is 22.9 Å². The van der Waals surface area contributed by atoms with Crippen molar-refractivity contribution < 1.29 is 14.0 Å². The van der Waals surface area contributed by atoms with Gasteiger partial charge in [-0.05, 0) is 75.2 Å². The van der Waals surface area contributed by atoms with Crippen LogP contribution in [0, 0.1) is 17.7 Å². The number of hydrogen-bond donors (Lipinski definition) is 2. The lowest BCUT2D eigenvalue weighted by molar-refractivity contribution is -0.130. The Morgan fingerprint density at radius 2 is 1.71 bits per heavy atom. The number of nitrogens with one attached hydrogen (secondary N) is 2. The standard InChI is InChI=1S/C22H30FN3O2/c23-19-13-17(25-20-3-2-18(27)14-22(20)28)1-4-21(19)26-11-7-16(8-12-26)15-5-9-24-10-6-15/h1,4,13,15-16,20,24-25H,2-3,5-12,14H2. The number of hydrogen-bond acceptors (Lipinski definition) is 5. The number of piperidine rings is 2. The summed E-state index contributed by atoms with van der Waals surface area (Å²) in [6.07, 6.45) is 5.70. The van der Waals surface area contributed by atoms with Crippen molar-refractivity contribution in [1.29, 1.82) is 0 Å². The summed E-state index contributed by atoms with van der Waals surface area (Å²) in [5, 5.41) is 6.54. The van der Waals surface area contributed by atoms with Crippen LogP contribution in [-0.4, -0.2) is 43.8 Å². The van der Waals surface area contributed by atoms with E-state index >= 15 is 0 Å². The molecule has 0 bridgehead atoms. The Labute approximate surface area is 166 Å². The zero-order valence-electron chi connectivity index (χ0n) is 16.4. The van der Waals surface area contributed by atoms with Crippen LogP contribution in [0.4, 0.5) is 15.8 Å². The minimum absolute atomic E-state index is 0.00234. The fourth-order valence-corrected chi connectivity index (χ4v) is 5.01. The van der Waals surface area contributed by atoms with Gasteiger partial charge in [0.2, 0.25) is 0 Å². The molecule has 5 nitrogen and oxygen atoms in total. The number of halogens is 1. The fraction of sp³-hybridized carbons (Fsp3) is 0.636. The van der Waals surface area contributed by atoms with Crippen LogP contribution in [0.1, 0.15) is 44.9 Å². The molecule has 1 saturated carbocycles. The maximum atomic E-state index is 14.8. The lowest BCUT2D eigenvalue weighted by Crippen LogP contribution is -2.39. The van der Waals surface area contributed by atoms with Crippen molar-refractivity contribution in [2.45, 2.75) is 51.0 Å². The molecular formula is C22H30FN3O2. The van der Waals surface area contributed by atoms with E-state index in [0.29, 0.717) is 24.2 Å². The van der Waals surface area contributed by atoms with E-state index in [4.69, 9.17) is 0 Å². The van der Waals surface area contributed by atoms with Gasteiger partial charge in [-0.2, -0.15) is 0 Å². The number of anilines is 2. The van der Waals surface area contributed by atoms with E-state index in [0.717, 1.165) is 50.9 Å². The van der Waals surface area contributed by atoms with Gasteiger partial charge in [0.15, 0.2) is 5.78 Å². The average Bonchev–Trinajstić information content (AvgIpc) is 2.71. The Morgan fingerprint density at radius 3 is 2.39 bits per heavy atom. The molecule has 2 saturated heterocycles. The van der Waals surface area contributed by atoms with Crippen LogP contribution in [-0.2, 0) is 9.59 Å². The van der Waals surface area contributed by atoms with Crippen molar-refractivity contribution in [2.75, 3.05) is 36.4 Å². The maximum absolute atomic E-state index is 14.8. The topological polar surface area (TPSA) is 61.4 Å². The Balaban J connectivity index is 1.34. The molecule has 1 aromatic carbocycles. The van der Waals surface area contributed by atoms with E-state index in [9.17, 15) is 14.0 Å². The van der Waals surface area contributed by atoms with Gasteiger partial charge in [-0.1, -0.05) is 0 Å². The van der Waals surface area contributed by atoms with Crippen LogP contribution in [0.2, 0.25) is 0 Å². The zero-order valence-corrected chi connectivity index (χ0v) is 16.4. The second kappa shape index (κ2) is 8.60. The minimum atomic E-state index is -0.385. The molecule has 1 unspecified atom stereocenters. The SMILES string of the molecule is O=C1CCC(Nc2ccc(N3CCC(C4CCNCC4)CC3)c(F)c2)C(=O)C1. The molecule has 2 aliphatic heterocycles. The van der Waals surface area contributed by atoms with Gasteiger partial charge < -0.3 is 15.5 Å². The van der Waals surface area contributed by atoms with E-state index < -0.39 is 0 Å². The molecule has 0 radical (unpaired) electrons. The zero-order chi connectivity index (χ0) is 19.5. The lowest BCUT2D eigenvalue weighted by atomic mass is 9.79. The highest BCUT2D eigenvalue weighted by atomic mass is 19.1. The molecule has 28 heavy (non-hydrogen) atoms. The first-order valence-electron chi connectivity index (χ1n) is 10.7. The fourth-order valence-electron chi connectivity index (χ4n) is 5.01. The highest BCUT2D eigenvalue weighted by Crippen LogP contribution is 2.34. The molecule has 4 rings (SSSR count). The highest BCUT2D eigenvalue weighted by Gasteiger charge is 2.29. The monoisotopic (exact) mass is 387 g/mol. The molecule has 1 atom stereocenters. The Morgan fingerprint density at radius 1 is 1.00 bits per heavy atom. The number of carbonyl (C=O) groups is 2. The molecule has 6 heteroatoms. The number of ketones is 2. The maximum Gasteiger partial charge on any atom is 0.162 e. The van der Waals surface area contributed by atoms with E-state index in [1.165, 1.54) is 18.9 Å². The van der Waals surface area contributed by atoms with Crippen molar-refractivity contribution in [3.63, 3.8) is 0 Å². The van der Waals surface area contributed by atoms with Gasteiger partial charge in [-0.3, -0.25) is 9.59 Å². The highest BCUT2D eigenvalue weighted by molar-refractivity contribution is 6.04. The Bertz CT molecular complexity index is 724. The molecular weight excluding hydrogens is 357 g/mol.